The average Bonchev–Trinajstić information content (AvgIpc) is 2.88. The van der Waals surface area contributed by atoms with Crippen LogP contribution in [0.15, 0.2) is 12.2 Å². The summed E-state index contributed by atoms with van der Waals surface area (Å²) in [5.74, 6) is 0. The van der Waals surface area contributed by atoms with E-state index in [1.807, 2.05) is 0 Å². The van der Waals surface area contributed by atoms with Crippen molar-refractivity contribution in [3.05, 3.63) is 12.2 Å². The number of hydrogen-bond donors (Lipinski definition) is 3. The van der Waals surface area contributed by atoms with Crippen molar-refractivity contribution in [3.8, 4) is 0 Å². The van der Waals surface area contributed by atoms with Gasteiger partial charge in [-0.15, -0.1) is 0 Å². The minimum Gasteiger partial charge on any atom is -0.394 e. The van der Waals surface area contributed by atoms with Crippen molar-refractivity contribution in [2.45, 2.75) is 82.7 Å². The molecule has 1 heterocycles. The van der Waals surface area contributed by atoms with Gasteiger partial charge in [-0.3, -0.25) is 0 Å². The molecule has 0 unspecified atom stereocenters. The number of rotatable bonds is 13. The summed E-state index contributed by atoms with van der Waals surface area (Å²) in [7, 11) is 0. The number of ether oxygens (including phenoxy) is 2. The van der Waals surface area contributed by atoms with Crippen molar-refractivity contribution in [1.29, 1.82) is 0 Å². The fraction of sp³-hybridized carbons (Fsp3) is 0.889. The van der Waals surface area contributed by atoms with Gasteiger partial charge >= 0.3 is 0 Å². The normalized spacial score (nSPS) is 26.2. The second-order valence-electron chi connectivity index (χ2n) is 6.26. The van der Waals surface area contributed by atoms with E-state index in [2.05, 4.69) is 19.1 Å². The lowest BCUT2D eigenvalue weighted by atomic mass is 10.1. The summed E-state index contributed by atoms with van der Waals surface area (Å²) in [6, 6.07) is 0. The van der Waals surface area contributed by atoms with E-state index in [0.29, 0.717) is 6.61 Å². The largest absolute Gasteiger partial charge is 0.394 e. The van der Waals surface area contributed by atoms with Gasteiger partial charge in [-0.1, -0.05) is 44.8 Å². The lowest BCUT2D eigenvalue weighted by Gasteiger charge is -2.24. The van der Waals surface area contributed by atoms with Crippen LogP contribution in [0.3, 0.4) is 0 Å². The molecule has 0 saturated carbocycles. The first-order valence-electron chi connectivity index (χ1n) is 9.05. The van der Waals surface area contributed by atoms with Crippen LogP contribution in [0.4, 0.5) is 0 Å². The maximum Gasteiger partial charge on any atom is 0.114 e. The summed E-state index contributed by atoms with van der Waals surface area (Å²) in [5, 5.41) is 28.6. The van der Waals surface area contributed by atoms with E-state index in [0.717, 1.165) is 19.3 Å². The summed E-state index contributed by atoms with van der Waals surface area (Å²) in [4.78, 5) is 0. The molecule has 0 radical (unpaired) electrons. The number of hydrogen-bond acceptors (Lipinski definition) is 5. The Morgan fingerprint density at radius 3 is 2.39 bits per heavy atom. The van der Waals surface area contributed by atoms with Gasteiger partial charge in [0, 0.05) is 6.61 Å². The van der Waals surface area contributed by atoms with Gasteiger partial charge in [0.05, 0.1) is 13.2 Å². The molecule has 1 aliphatic heterocycles. The van der Waals surface area contributed by atoms with Crippen LogP contribution in [0.25, 0.3) is 0 Å². The van der Waals surface area contributed by atoms with Crippen LogP contribution in [-0.2, 0) is 9.47 Å². The highest BCUT2D eigenvalue weighted by Crippen LogP contribution is 2.19. The summed E-state index contributed by atoms with van der Waals surface area (Å²) in [6.45, 7) is 2.63. The van der Waals surface area contributed by atoms with E-state index in [9.17, 15) is 15.3 Å². The van der Waals surface area contributed by atoms with E-state index in [1.54, 1.807) is 0 Å². The molecular weight excluding hydrogens is 296 g/mol. The first-order valence-corrected chi connectivity index (χ1v) is 9.05. The molecule has 0 aliphatic carbocycles. The van der Waals surface area contributed by atoms with Gasteiger partial charge in [0.25, 0.3) is 0 Å². The Kier molecular flexibility index (Phi) is 11.5. The highest BCUT2D eigenvalue weighted by Gasteiger charge is 2.40. The molecule has 1 rings (SSSR count). The van der Waals surface area contributed by atoms with E-state index < -0.39 is 24.4 Å². The van der Waals surface area contributed by atoms with Gasteiger partial charge in [-0.2, -0.15) is 0 Å². The highest BCUT2D eigenvalue weighted by atomic mass is 16.6. The Bertz CT molecular complexity index is 308. The van der Waals surface area contributed by atoms with Gasteiger partial charge < -0.3 is 24.8 Å². The van der Waals surface area contributed by atoms with Crippen LogP contribution in [0.5, 0.6) is 0 Å². The quantitative estimate of drug-likeness (QED) is 0.356. The molecule has 0 spiro atoms. The summed E-state index contributed by atoms with van der Waals surface area (Å²) in [6.07, 6.45) is 10.7. The predicted molar refractivity (Wildman–Crippen MR) is 90.3 cm³/mol. The van der Waals surface area contributed by atoms with Crippen LogP contribution in [-0.4, -0.2) is 59.6 Å². The van der Waals surface area contributed by atoms with E-state index in [-0.39, 0.29) is 13.2 Å². The minimum absolute atomic E-state index is 0.0947. The predicted octanol–water partition coefficient (Wildman–Crippen LogP) is 2.18. The van der Waals surface area contributed by atoms with Crippen LogP contribution < -0.4 is 0 Å². The molecule has 5 heteroatoms. The first-order chi connectivity index (χ1) is 11.2. The molecular formula is C18H34O5. The zero-order valence-corrected chi connectivity index (χ0v) is 14.4. The number of aliphatic hydroxyl groups excluding tert-OH is 3. The smallest absolute Gasteiger partial charge is 0.114 e. The van der Waals surface area contributed by atoms with Crippen molar-refractivity contribution in [2.75, 3.05) is 19.8 Å². The van der Waals surface area contributed by atoms with Crippen molar-refractivity contribution in [3.63, 3.8) is 0 Å². The Hall–Kier alpha value is -0.460. The van der Waals surface area contributed by atoms with Crippen molar-refractivity contribution >= 4 is 0 Å². The average molecular weight is 330 g/mol. The summed E-state index contributed by atoms with van der Waals surface area (Å²) < 4.78 is 10.9. The number of allylic oxidation sites excluding steroid dienone is 2. The molecule has 4 atom stereocenters. The topological polar surface area (TPSA) is 79.2 Å². The van der Waals surface area contributed by atoms with E-state index >= 15 is 0 Å². The lowest BCUT2D eigenvalue weighted by molar-refractivity contribution is -0.101. The van der Waals surface area contributed by atoms with E-state index in [4.69, 9.17) is 9.47 Å². The van der Waals surface area contributed by atoms with Crippen molar-refractivity contribution in [2.24, 2.45) is 0 Å². The molecule has 0 aromatic heterocycles. The van der Waals surface area contributed by atoms with Gasteiger partial charge in [-0.05, 0) is 25.7 Å². The lowest BCUT2D eigenvalue weighted by Crippen LogP contribution is -2.42. The monoisotopic (exact) mass is 330 g/mol. The Morgan fingerprint density at radius 1 is 1.09 bits per heavy atom. The van der Waals surface area contributed by atoms with Crippen LogP contribution in [0.1, 0.15) is 58.3 Å². The van der Waals surface area contributed by atoms with Crippen LogP contribution >= 0.6 is 0 Å². The van der Waals surface area contributed by atoms with E-state index in [1.165, 1.54) is 32.1 Å². The van der Waals surface area contributed by atoms with Gasteiger partial charge in [0.2, 0.25) is 0 Å². The first kappa shape index (κ1) is 20.6. The van der Waals surface area contributed by atoms with Gasteiger partial charge in [-0.25, -0.2) is 0 Å². The molecule has 23 heavy (non-hydrogen) atoms. The fourth-order valence-electron chi connectivity index (χ4n) is 2.71. The zero-order valence-electron chi connectivity index (χ0n) is 14.4. The minimum atomic E-state index is -0.980. The molecule has 3 N–H and O–H groups in total. The van der Waals surface area contributed by atoms with Crippen LogP contribution in [0, 0.1) is 0 Å². The Labute approximate surface area is 140 Å². The second kappa shape index (κ2) is 12.9. The van der Waals surface area contributed by atoms with Gasteiger partial charge in [0.1, 0.15) is 24.4 Å². The molecule has 0 aromatic rings. The second-order valence-corrected chi connectivity index (χ2v) is 6.26. The molecule has 0 aromatic carbocycles. The maximum atomic E-state index is 9.76. The van der Waals surface area contributed by atoms with Crippen LogP contribution in [0.2, 0.25) is 0 Å². The Morgan fingerprint density at radius 2 is 1.78 bits per heavy atom. The third-order valence-electron chi connectivity index (χ3n) is 4.22. The summed E-state index contributed by atoms with van der Waals surface area (Å²) in [5.41, 5.74) is 0. The molecule has 136 valence electrons. The molecule has 1 saturated heterocycles. The third-order valence-corrected chi connectivity index (χ3v) is 4.22. The standard InChI is InChI=1S/C18H34O5/c1-2-3-4-5-6-7-8-9-10-11-12-22-16(13-19)18-17(21)15(20)14-23-18/h5-6,15-21H,2-4,7-14H2,1H3/b6-5+/t15-,16+,17-,18-/m0/s1. The summed E-state index contributed by atoms with van der Waals surface area (Å²) >= 11 is 0. The molecule has 5 nitrogen and oxygen atoms in total. The molecule has 0 bridgehead atoms. The maximum absolute atomic E-state index is 9.76. The number of aliphatic hydroxyl groups is 3. The van der Waals surface area contributed by atoms with Gasteiger partial charge in [0.15, 0.2) is 0 Å². The molecule has 1 aliphatic rings. The fourth-order valence-corrected chi connectivity index (χ4v) is 2.71. The van der Waals surface area contributed by atoms with Crippen molar-refractivity contribution < 1.29 is 24.8 Å². The number of unbranched alkanes of at least 4 members (excludes halogenated alkanes) is 6. The Balaban J connectivity index is 2.00. The van der Waals surface area contributed by atoms with Crippen molar-refractivity contribution in [1.82, 2.24) is 0 Å². The molecule has 1 fully saturated rings. The highest BCUT2D eigenvalue weighted by molar-refractivity contribution is 4.88. The zero-order chi connectivity index (χ0) is 16.9. The SMILES string of the molecule is CCCC/C=C/CCCCCCO[C@H](CO)[C@@H]1OC[C@H](O)[C@@H]1O. The third kappa shape index (κ3) is 8.27. The molecule has 0 amide bonds.